The molecule has 128 valence electrons. The molecule has 1 aliphatic rings. The highest BCUT2D eigenvalue weighted by Crippen LogP contribution is 2.24. The van der Waals surface area contributed by atoms with E-state index in [0.29, 0.717) is 11.5 Å². The molecule has 1 atom stereocenters. The van der Waals surface area contributed by atoms with Gasteiger partial charge in [-0.05, 0) is 26.0 Å². The molecule has 3 rings (SSSR count). The van der Waals surface area contributed by atoms with Crippen molar-refractivity contribution >= 4 is 10.0 Å². The highest BCUT2D eigenvalue weighted by Gasteiger charge is 2.32. The predicted molar refractivity (Wildman–Crippen MR) is 88.2 cm³/mol. The van der Waals surface area contributed by atoms with Crippen molar-refractivity contribution in [1.29, 1.82) is 0 Å². The smallest absolute Gasteiger partial charge is 0.251 e. The standard InChI is InChI=1S/C16H19N3O4S/c1-11-3-5-13(6-4-11)24(21,22)19-7-8-23-14(10-19)16-17-12(2)9-15(20)18-16/h3-6,9,14H,7-8,10H2,1-2H3,(H,17,18,20)/t14-/m0/s1. The normalized spacial score (nSPS) is 19.3. The number of rotatable bonds is 3. The van der Waals surface area contributed by atoms with Crippen LogP contribution in [0.1, 0.15) is 23.2 Å². The lowest BCUT2D eigenvalue weighted by molar-refractivity contribution is -0.00774. The Morgan fingerprint density at radius 1 is 1.25 bits per heavy atom. The average Bonchev–Trinajstić information content (AvgIpc) is 2.54. The van der Waals surface area contributed by atoms with Crippen molar-refractivity contribution < 1.29 is 13.2 Å². The van der Waals surface area contributed by atoms with E-state index in [4.69, 9.17) is 4.74 Å². The van der Waals surface area contributed by atoms with E-state index in [-0.39, 0.29) is 30.2 Å². The molecule has 7 nitrogen and oxygen atoms in total. The van der Waals surface area contributed by atoms with Gasteiger partial charge in [-0.1, -0.05) is 17.7 Å². The van der Waals surface area contributed by atoms with Crippen molar-refractivity contribution in [3.8, 4) is 0 Å². The zero-order valence-corrected chi connectivity index (χ0v) is 14.3. The number of nitrogens with zero attached hydrogens (tertiary/aromatic N) is 2. The van der Waals surface area contributed by atoms with Crippen LogP contribution >= 0.6 is 0 Å². The summed E-state index contributed by atoms with van der Waals surface area (Å²) in [6.07, 6.45) is -0.591. The van der Waals surface area contributed by atoms with Crippen LogP contribution in [0.5, 0.6) is 0 Å². The van der Waals surface area contributed by atoms with E-state index >= 15 is 0 Å². The SMILES string of the molecule is Cc1ccc(S(=O)(=O)N2CCO[C@H](c3nc(C)cc(=O)[nH]3)C2)cc1. The van der Waals surface area contributed by atoms with Crippen molar-refractivity contribution in [3.05, 3.63) is 57.8 Å². The van der Waals surface area contributed by atoms with Crippen LogP contribution in [0.4, 0.5) is 0 Å². The maximum absolute atomic E-state index is 12.8. The van der Waals surface area contributed by atoms with Crippen LogP contribution in [0.2, 0.25) is 0 Å². The van der Waals surface area contributed by atoms with E-state index in [9.17, 15) is 13.2 Å². The Labute approximate surface area is 140 Å². The molecule has 1 aromatic carbocycles. The van der Waals surface area contributed by atoms with Gasteiger partial charge in [0.1, 0.15) is 11.9 Å². The fourth-order valence-corrected chi connectivity index (χ4v) is 4.05. The largest absolute Gasteiger partial charge is 0.368 e. The average molecular weight is 349 g/mol. The second kappa shape index (κ2) is 6.46. The molecule has 0 aliphatic carbocycles. The van der Waals surface area contributed by atoms with Gasteiger partial charge in [0.15, 0.2) is 0 Å². The second-order valence-corrected chi connectivity index (χ2v) is 7.75. The van der Waals surface area contributed by atoms with Crippen LogP contribution < -0.4 is 5.56 Å². The molecular formula is C16H19N3O4S. The number of morpholine rings is 1. The van der Waals surface area contributed by atoms with Gasteiger partial charge in [0.25, 0.3) is 5.56 Å². The van der Waals surface area contributed by atoms with Crippen LogP contribution in [0, 0.1) is 13.8 Å². The Balaban J connectivity index is 1.87. The number of H-pyrrole nitrogens is 1. The van der Waals surface area contributed by atoms with Gasteiger partial charge in [-0.25, -0.2) is 13.4 Å². The number of aromatic nitrogens is 2. The van der Waals surface area contributed by atoms with E-state index in [2.05, 4.69) is 9.97 Å². The summed E-state index contributed by atoms with van der Waals surface area (Å²) in [5.41, 5.74) is 1.28. The zero-order chi connectivity index (χ0) is 17.3. The number of hydrogen-bond donors (Lipinski definition) is 1. The molecule has 1 saturated heterocycles. The first kappa shape index (κ1) is 16.8. The molecular weight excluding hydrogens is 330 g/mol. The molecule has 0 bridgehead atoms. The maximum atomic E-state index is 12.8. The van der Waals surface area contributed by atoms with Crippen LogP contribution in [0.15, 0.2) is 40.0 Å². The van der Waals surface area contributed by atoms with Gasteiger partial charge in [0.05, 0.1) is 11.5 Å². The topological polar surface area (TPSA) is 92.4 Å². The Morgan fingerprint density at radius 3 is 2.62 bits per heavy atom. The van der Waals surface area contributed by atoms with E-state index in [0.717, 1.165) is 5.56 Å². The molecule has 0 radical (unpaired) electrons. The lowest BCUT2D eigenvalue weighted by Crippen LogP contribution is -2.42. The highest BCUT2D eigenvalue weighted by atomic mass is 32.2. The quantitative estimate of drug-likeness (QED) is 0.897. The van der Waals surface area contributed by atoms with Gasteiger partial charge in [-0.15, -0.1) is 0 Å². The van der Waals surface area contributed by atoms with E-state index < -0.39 is 16.1 Å². The maximum Gasteiger partial charge on any atom is 0.251 e. The van der Waals surface area contributed by atoms with Crippen molar-refractivity contribution in [2.75, 3.05) is 19.7 Å². The molecule has 1 N–H and O–H groups in total. The van der Waals surface area contributed by atoms with Gasteiger partial charge in [-0.3, -0.25) is 4.79 Å². The number of hydrogen-bond acceptors (Lipinski definition) is 5. The van der Waals surface area contributed by atoms with Crippen molar-refractivity contribution in [2.24, 2.45) is 0 Å². The van der Waals surface area contributed by atoms with Crippen LogP contribution in [0.25, 0.3) is 0 Å². The molecule has 1 aromatic heterocycles. The molecule has 1 fully saturated rings. The third-order valence-corrected chi connectivity index (χ3v) is 5.76. The van der Waals surface area contributed by atoms with Crippen LogP contribution in [-0.4, -0.2) is 42.4 Å². The van der Waals surface area contributed by atoms with Gasteiger partial charge < -0.3 is 9.72 Å². The van der Waals surface area contributed by atoms with E-state index in [1.165, 1.54) is 10.4 Å². The lowest BCUT2D eigenvalue weighted by Gasteiger charge is -2.31. The first-order valence-electron chi connectivity index (χ1n) is 7.62. The summed E-state index contributed by atoms with van der Waals surface area (Å²) >= 11 is 0. The third-order valence-electron chi connectivity index (χ3n) is 3.88. The van der Waals surface area contributed by atoms with Gasteiger partial charge in [0, 0.05) is 24.8 Å². The van der Waals surface area contributed by atoms with Gasteiger partial charge in [-0.2, -0.15) is 4.31 Å². The Morgan fingerprint density at radius 2 is 1.96 bits per heavy atom. The monoisotopic (exact) mass is 349 g/mol. The van der Waals surface area contributed by atoms with Crippen molar-refractivity contribution in [3.63, 3.8) is 0 Å². The Kier molecular flexibility index (Phi) is 4.53. The number of aromatic amines is 1. The molecule has 0 unspecified atom stereocenters. The molecule has 2 aromatic rings. The summed E-state index contributed by atoms with van der Waals surface area (Å²) in [5, 5.41) is 0. The number of ether oxygens (including phenoxy) is 1. The zero-order valence-electron chi connectivity index (χ0n) is 13.5. The fourth-order valence-electron chi connectivity index (χ4n) is 2.62. The summed E-state index contributed by atoms with van der Waals surface area (Å²) in [4.78, 5) is 18.7. The van der Waals surface area contributed by atoms with Crippen LogP contribution in [-0.2, 0) is 14.8 Å². The fraction of sp³-hybridized carbons (Fsp3) is 0.375. The minimum absolute atomic E-state index is 0.114. The molecule has 8 heteroatoms. The minimum Gasteiger partial charge on any atom is -0.368 e. The summed E-state index contributed by atoms with van der Waals surface area (Å²) in [5.74, 6) is 0.351. The Bertz CT molecular complexity index is 890. The first-order chi connectivity index (χ1) is 11.4. The summed E-state index contributed by atoms with van der Waals surface area (Å²) in [6.45, 7) is 4.24. The number of sulfonamides is 1. The predicted octanol–water partition coefficient (Wildman–Crippen LogP) is 1.15. The molecule has 0 spiro atoms. The van der Waals surface area contributed by atoms with Crippen molar-refractivity contribution in [2.45, 2.75) is 24.8 Å². The lowest BCUT2D eigenvalue weighted by atomic mass is 10.2. The van der Waals surface area contributed by atoms with Gasteiger partial charge >= 0.3 is 0 Å². The van der Waals surface area contributed by atoms with Crippen molar-refractivity contribution in [1.82, 2.24) is 14.3 Å². The number of aryl methyl sites for hydroxylation is 2. The first-order valence-corrected chi connectivity index (χ1v) is 9.06. The van der Waals surface area contributed by atoms with Gasteiger partial charge in [0.2, 0.25) is 10.0 Å². The summed E-state index contributed by atoms with van der Waals surface area (Å²) < 4.78 is 32.6. The Hall–Kier alpha value is -2.03. The van der Waals surface area contributed by atoms with E-state index in [1.54, 1.807) is 31.2 Å². The summed E-state index contributed by atoms with van der Waals surface area (Å²) in [7, 11) is -3.61. The molecule has 24 heavy (non-hydrogen) atoms. The second-order valence-electron chi connectivity index (χ2n) is 5.81. The number of benzene rings is 1. The third kappa shape index (κ3) is 3.40. The molecule has 0 saturated carbocycles. The van der Waals surface area contributed by atoms with Crippen LogP contribution in [0.3, 0.4) is 0 Å². The summed E-state index contributed by atoms with van der Waals surface area (Å²) in [6, 6.07) is 8.12. The molecule has 2 heterocycles. The van der Waals surface area contributed by atoms with E-state index in [1.807, 2.05) is 6.92 Å². The molecule has 1 aliphatic heterocycles. The molecule has 0 amide bonds. The highest BCUT2D eigenvalue weighted by molar-refractivity contribution is 7.89. The number of nitrogens with one attached hydrogen (secondary N) is 1. The minimum atomic E-state index is -3.61.